The minimum atomic E-state index is -3.76. The van der Waals surface area contributed by atoms with E-state index in [1.165, 1.54) is 18.2 Å². The predicted octanol–water partition coefficient (Wildman–Crippen LogP) is 1.46. The average molecular weight is 363 g/mol. The van der Waals surface area contributed by atoms with Gasteiger partial charge in [0.2, 0.25) is 15.9 Å². The van der Waals surface area contributed by atoms with Gasteiger partial charge in [-0.3, -0.25) is 4.79 Å². The molecule has 0 saturated carbocycles. The van der Waals surface area contributed by atoms with Gasteiger partial charge in [0.25, 0.3) is 0 Å². The van der Waals surface area contributed by atoms with Gasteiger partial charge in [-0.1, -0.05) is 0 Å². The molecule has 1 aliphatic heterocycles. The molecule has 1 aliphatic rings. The molecule has 110 valence electrons. The number of rotatable bonds is 3. The van der Waals surface area contributed by atoms with Crippen LogP contribution in [0.25, 0.3) is 0 Å². The van der Waals surface area contributed by atoms with Crippen molar-refractivity contribution >= 4 is 37.5 Å². The Bertz CT molecular complexity index is 632. The molecule has 2 rings (SSSR count). The van der Waals surface area contributed by atoms with E-state index in [1.54, 1.807) is 0 Å². The van der Waals surface area contributed by atoms with Gasteiger partial charge in [-0.15, -0.1) is 0 Å². The van der Waals surface area contributed by atoms with Crippen LogP contribution < -0.4 is 10.5 Å². The molecular weight excluding hydrogens is 348 g/mol. The third kappa shape index (κ3) is 3.57. The second kappa shape index (κ2) is 5.80. The van der Waals surface area contributed by atoms with Crippen molar-refractivity contribution in [2.75, 3.05) is 11.9 Å². The van der Waals surface area contributed by atoms with Crippen LogP contribution in [0.1, 0.15) is 13.3 Å². The first kappa shape index (κ1) is 15.4. The molecule has 1 aromatic rings. The smallest absolute Gasteiger partial charge is 0.238 e. The Morgan fingerprint density at radius 3 is 2.70 bits per heavy atom. The first-order valence-electron chi connectivity index (χ1n) is 6.02. The highest BCUT2D eigenvalue weighted by Gasteiger charge is 2.28. The standard InChI is InChI=1S/C12H15BrN2O4S/c1-7-4-8(6-19-7)12(16)15-11-3-2-9(5-10(11)13)20(14,17)18/h2-3,5,7-8H,4,6H2,1H3,(H,15,16)(H2,14,17,18). The van der Waals surface area contributed by atoms with Crippen LogP contribution in [0.4, 0.5) is 5.69 Å². The average Bonchev–Trinajstić information content (AvgIpc) is 2.77. The number of carbonyl (C=O) groups excluding carboxylic acids is 1. The van der Waals surface area contributed by atoms with E-state index >= 15 is 0 Å². The van der Waals surface area contributed by atoms with E-state index < -0.39 is 10.0 Å². The Labute approximate surface area is 125 Å². The Balaban J connectivity index is 2.12. The lowest BCUT2D eigenvalue weighted by Crippen LogP contribution is -2.23. The van der Waals surface area contributed by atoms with Gasteiger partial charge in [0.05, 0.1) is 29.2 Å². The highest BCUT2D eigenvalue weighted by Crippen LogP contribution is 2.27. The SMILES string of the molecule is CC1CC(C(=O)Nc2ccc(S(N)(=O)=O)cc2Br)CO1. The zero-order valence-electron chi connectivity index (χ0n) is 10.8. The second-order valence-corrected chi connectivity index (χ2v) is 7.17. The molecule has 3 N–H and O–H groups in total. The molecule has 6 nitrogen and oxygen atoms in total. The number of amides is 1. The first-order chi connectivity index (χ1) is 9.27. The second-order valence-electron chi connectivity index (χ2n) is 4.75. The van der Waals surface area contributed by atoms with E-state index in [1.807, 2.05) is 6.92 Å². The molecule has 1 heterocycles. The maximum atomic E-state index is 12.0. The molecular formula is C12H15BrN2O4S. The van der Waals surface area contributed by atoms with Crippen molar-refractivity contribution in [2.24, 2.45) is 11.1 Å². The van der Waals surface area contributed by atoms with Crippen LogP contribution in [0.5, 0.6) is 0 Å². The summed E-state index contributed by atoms with van der Waals surface area (Å²) in [6.07, 6.45) is 0.762. The summed E-state index contributed by atoms with van der Waals surface area (Å²) in [7, 11) is -3.76. The van der Waals surface area contributed by atoms with Crippen LogP contribution in [0.15, 0.2) is 27.6 Å². The number of hydrogen-bond donors (Lipinski definition) is 2. The van der Waals surface area contributed by atoms with Crippen molar-refractivity contribution in [3.05, 3.63) is 22.7 Å². The molecule has 0 aromatic heterocycles. The van der Waals surface area contributed by atoms with E-state index in [4.69, 9.17) is 9.88 Å². The Kier molecular flexibility index (Phi) is 4.48. The number of ether oxygens (including phenoxy) is 1. The molecule has 1 aromatic carbocycles. The minimum Gasteiger partial charge on any atom is -0.378 e. The lowest BCUT2D eigenvalue weighted by molar-refractivity contribution is -0.119. The topological polar surface area (TPSA) is 98.5 Å². The zero-order chi connectivity index (χ0) is 14.9. The fraction of sp³-hybridized carbons (Fsp3) is 0.417. The molecule has 1 amide bonds. The summed E-state index contributed by atoms with van der Waals surface area (Å²) >= 11 is 3.22. The van der Waals surface area contributed by atoms with Crippen molar-refractivity contribution in [3.63, 3.8) is 0 Å². The number of carbonyl (C=O) groups is 1. The highest BCUT2D eigenvalue weighted by molar-refractivity contribution is 9.10. The summed E-state index contributed by atoms with van der Waals surface area (Å²) in [6, 6.07) is 4.21. The Morgan fingerprint density at radius 1 is 1.50 bits per heavy atom. The molecule has 20 heavy (non-hydrogen) atoms. The number of primary sulfonamides is 1. The largest absolute Gasteiger partial charge is 0.378 e. The fourth-order valence-corrected chi connectivity index (χ4v) is 3.18. The third-order valence-electron chi connectivity index (χ3n) is 3.10. The number of anilines is 1. The number of nitrogens with one attached hydrogen (secondary N) is 1. The number of benzene rings is 1. The van der Waals surface area contributed by atoms with Crippen molar-refractivity contribution in [1.29, 1.82) is 0 Å². The zero-order valence-corrected chi connectivity index (χ0v) is 13.2. The Hall–Kier alpha value is -0.960. The highest BCUT2D eigenvalue weighted by atomic mass is 79.9. The van der Waals surface area contributed by atoms with Gasteiger partial charge in [0.15, 0.2) is 0 Å². The van der Waals surface area contributed by atoms with Crippen LogP contribution in [0.3, 0.4) is 0 Å². The van der Waals surface area contributed by atoms with Crippen molar-refractivity contribution in [1.82, 2.24) is 0 Å². The van der Waals surface area contributed by atoms with Crippen molar-refractivity contribution in [3.8, 4) is 0 Å². The summed E-state index contributed by atoms with van der Waals surface area (Å²) in [5, 5.41) is 7.79. The van der Waals surface area contributed by atoms with Crippen LogP contribution in [0, 0.1) is 5.92 Å². The van der Waals surface area contributed by atoms with E-state index in [-0.39, 0.29) is 22.8 Å². The maximum Gasteiger partial charge on any atom is 0.238 e. The van der Waals surface area contributed by atoms with Crippen molar-refractivity contribution < 1.29 is 17.9 Å². The predicted molar refractivity (Wildman–Crippen MR) is 77.7 cm³/mol. The number of sulfonamides is 1. The van der Waals surface area contributed by atoms with E-state index in [9.17, 15) is 13.2 Å². The maximum absolute atomic E-state index is 12.0. The lowest BCUT2D eigenvalue weighted by Gasteiger charge is -2.11. The van der Waals surface area contributed by atoms with Crippen LogP contribution in [-0.4, -0.2) is 27.0 Å². The van der Waals surface area contributed by atoms with E-state index in [2.05, 4.69) is 21.2 Å². The summed E-state index contributed by atoms with van der Waals surface area (Å²) < 4.78 is 28.2. The van der Waals surface area contributed by atoms with Gasteiger partial charge in [-0.2, -0.15) is 0 Å². The summed E-state index contributed by atoms with van der Waals surface area (Å²) in [6.45, 7) is 2.32. The molecule has 2 atom stereocenters. The van der Waals surface area contributed by atoms with Crippen LogP contribution >= 0.6 is 15.9 Å². The summed E-state index contributed by atoms with van der Waals surface area (Å²) in [4.78, 5) is 12.0. The summed E-state index contributed by atoms with van der Waals surface area (Å²) in [5.74, 6) is -0.326. The van der Waals surface area contributed by atoms with Crippen LogP contribution in [0.2, 0.25) is 0 Å². The van der Waals surface area contributed by atoms with Gasteiger partial charge >= 0.3 is 0 Å². The third-order valence-corrected chi connectivity index (χ3v) is 4.66. The van der Waals surface area contributed by atoms with Gasteiger partial charge < -0.3 is 10.1 Å². The minimum absolute atomic E-state index is 0.0137. The number of nitrogens with two attached hydrogens (primary N) is 1. The van der Waals surface area contributed by atoms with Gasteiger partial charge in [-0.25, -0.2) is 13.6 Å². The first-order valence-corrected chi connectivity index (χ1v) is 8.36. The molecule has 1 fully saturated rings. The lowest BCUT2D eigenvalue weighted by atomic mass is 10.1. The molecule has 0 aliphatic carbocycles. The fourth-order valence-electron chi connectivity index (χ4n) is 2.01. The molecule has 0 bridgehead atoms. The molecule has 8 heteroatoms. The molecule has 0 radical (unpaired) electrons. The van der Waals surface area contributed by atoms with Gasteiger partial charge in [-0.05, 0) is 47.5 Å². The molecule has 1 saturated heterocycles. The van der Waals surface area contributed by atoms with Crippen molar-refractivity contribution in [2.45, 2.75) is 24.3 Å². The summed E-state index contributed by atoms with van der Waals surface area (Å²) in [5.41, 5.74) is 0.502. The van der Waals surface area contributed by atoms with Gasteiger partial charge in [0.1, 0.15) is 0 Å². The van der Waals surface area contributed by atoms with Crippen LogP contribution in [-0.2, 0) is 19.6 Å². The van der Waals surface area contributed by atoms with E-state index in [0.29, 0.717) is 23.2 Å². The van der Waals surface area contributed by atoms with E-state index in [0.717, 1.165) is 0 Å². The monoisotopic (exact) mass is 362 g/mol. The normalized spacial score (nSPS) is 22.8. The number of hydrogen-bond acceptors (Lipinski definition) is 4. The molecule has 2 unspecified atom stereocenters. The molecule has 0 spiro atoms. The quantitative estimate of drug-likeness (QED) is 0.849. The van der Waals surface area contributed by atoms with Gasteiger partial charge in [0, 0.05) is 4.47 Å². The Morgan fingerprint density at radius 2 is 2.20 bits per heavy atom. The number of halogens is 1.